The number of rotatable bonds is 5. The van der Waals surface area contributed by atoms with E-state index in [1.807, 2.05) is 32.6 Å². The van der Waals surface area contributed by atoms with Gasteiger partial charge >= 0.3 is 0 Å². The fourth-order valence-corrected chi connectivity index (χ4v) is 3.78. The average Bonchev–Trinajstić information content (AvgIpc) is 3.38. The Labute approximate surface area is 152 Å². The Morgan fingerprint density at radius 3 is 2.81 bits per heavy atom. The summed E-state index contributed by atoms with van der Waals surface area (Å²) in [6, 6.07) is 2.25. The second-order valence-corrected chi connectivity index (χ2v) is 7.04. The van der Waals surface area contributed by atoms with E-state index in [0.717, 1.165) is 23.1 Å². The predicted octanol–water partition coefficient (Wildman–Crippen LogP) is 3.16. The third-order valence-electron chi connectivity index (χ3n) is 5.23. The normalized spacial score (nSPS) is 16.2. The van der Waals surface area contributed by atoms with E-state index < -0.39 is 0 Å². The third-order valence-corrected chi connectivity index (χ3v) is 5.23. The second kappa shape index (κ2) is 6.90. The number of pyridine rings is 1. The molecular weight excluding hydrogens is 328 g/mol. The van der Waals surface area contributed by atoms with E-state index in [4.69, 9.17) is 0 Å². The zero-order valence-corrected chi connectivity index (χ0v) is 15.2. The first-order valence-electron chi connectivity index (χ1n) is 9.27. The fraction of sp³-hybridized carbons (Fsp3) is 0.474. The molecular formula is C19H24N6O. The van der Waals surface area contributed by atoms with Crippen LogP contribution in [-0.2, 0) is 7.05 Å². The number of carbonyl (C=O) groups excluding carboxylic acids is 1. The van der Waals surface area contributed by atoms with Crippen molar-refractivity contribution in [3.05, 3.63) is 42.1 Å². The molecule has 7 heteroatoms. The molecule has 1 fully saturated rings. The molecule has 26 heavy (non-hydrogen) atoms. The quantitative estimate of drug-likeness (QED) is 0.765. The minimum absolute atomic E-state index is 0.0667. The number of hydrogen-bond acceptors (Lipinski definition) is 4. The molecule has 0 bridgehead atoms. The smallest absolute Gasteiger partial charge is 0.253 e. The molecule has 1 aliphatic rings. The number of carbonyl (C=O) groups is 1. The minimum atomic E-state index is -0.134. The maximum atomic E-state index is 12.7. The van der Waals surface area contributed by atoms with E-state index >= 15 is 0 Å². The summed E-state index contributed by atoms with van der Waals surface area (Å²) in [6.45, 7) is 2.04. The molecule has 4 rings (SSSR count). The number of nitrogens with one attached hydrogen (secondary N) is 1. The molecule has 1 atom stereocenters. The van der Waals surface area contributed by atoms with Gasteiger partial charge in [-0.1, -0.05) is 19.8 Å². The lowest BCUT2D eigenvalue weighted by Gasteiger charge is -2.15. The van der Waals surface area contributed by atoms with Gasteiger partial charge in [0, 0.05) is 31.0 Å². The van der Waals surface area contributed by atoms with Gasteiger partial charge in [-0.25, -0.2) is 9.97 Å². The molecule has 3 heterocycles. The van der Waals surface area contributed by atoms with Crippen molar-refractivity contribution in [2.75, 3.05) is 0 Å². The number of imidazole rings is 1. The van der Waals surface area contributed by atoms with E-state index in [1.165, 1.54) is 25.7 Å². The Hall–Kier alpha value is -2.70. The van der Waals surface area contributed by atoms with Gasteiger partial charge in [-0.15, -0.1) is 0 Å². The zero-order valence-electron chi connectivity index (χ0n) is 15.2. The van der Waals surface area contributed by atoms with Gasteiger partial charge in [0.2, 0.25) is 0 Å². The van der Waals surface area contributed by atoms with Crippen LogP contribution in [0.5, 0.6) is 0 Å². The highest BCUT2D eigenvalue weighted by Crippen LogP contribution is 2.31. The molecule has 1 amide bonds. The van der Waals surface area contributed by atoms with Crippen LogP contribution >= 0.6 is 0 Å². The molecule has 7 nitrogen and oxygen atoms in total. The molecule has 0 saturated heterocycles. The molecule has 0 spiro atoms. The maximum absolute atomic E-state index is 12.7. The Balaban J connectivity index is 1.55. The first-order valence-corrected chi connectivity index (χ1v) is 9.27. The van der Waals surface area contributed by atoms with E-state index in [-0.39, 0.29) is 11.9 Å². The lowest BCUT2D eigenvalue weighted by Crippen LogP contribution is -2.28. The number of nitrogens with zero attached hydrogens (tertiary/aromatic N) is 5. The Bertz CT molecular complexity index is 921. The molecule has 0 radical (unpaired) electrons. The number of fused-ring (bicyclic) bond motifs is 1. The van der Waals surface area contributed by atoms with Gasteiger partial charge in [-0.3, -0.25) is 9.48 Å². The molecule has 3 aromatic rings. The highest BCUT2D eigenvalue weighted by molar-refractivity contribution is 5.96. The summed E-state index contributed by atoms with van der Waals surface area (Å²) < 4.78 is 3.90. The van der Waals surface area contributed by atoms with E-state index in [9.17, 15) is 4.79 Å². The molecule has 3 aromatic heterocycles. The van der Waals surface area contributed by atoms with E-state index in [1.54, 1.807) is 17.1 Å². The van der Waals surface area contributed by atoms with Crippen LogP contribution in [0.25, 0.3) is 11.2 Å². The number of amides is 1. The molecule has 1 aliphatic carbocycles. The van der Waals surface area contributed by atoms with Crippen molar-refractivity contribution < 1.29 is 4.79 Å². The van der Waals surface area contributed by atoms with Crippen LogP contribution in [0.1, 0.15) is 67.0 Å². The van der Waals surface area contributed by atoms with Crippen molar-refractivity contribution in [3.63, 3.8) is 0 Å². The van der Waals surface area contributed by atoms with Crippen molar-refractivity contribution in [2.24, 2.45) is 7.05 Å². The second-order valence-electron chi connectivity index (χ2n) is 7.04. The van der Waals surface area contributed by atoms with Crippen LogP contribution in [0.3, 0.4) is 0 Å². The average molecular weight is 352 g/mol. The van der Waals surface area contributed by atoms with Gasteiger partial charge in [-0.2, -0.15) is 5.10 Å². The summed E-state index contributed by atoms with van der Waals surface area (Å²) in [5, 5.41) is 7.26. The zero-order chi connectivity index (χ0) is 18.1. The van der Waals surface area contributed by atoms with E-state index in [0.29, 0.717) is 11.6 Å². The van der Waals surface area contributed by atoms with Crippen LogP contribution < -0.4 is 5.32 Å². The third kappa shape index (κ3) is 3.09. The Kier molecular flexibility index (Phi) is 4.44. The number of aromatic nitrogens is 5. The van der Waals surface area contributed by atoms with Gasteiger partial charge in [0.05, 0.1) is 24.1 Å². The van der Waals surface area contributed by atoms with Crippen LogP contribution in [0.2, 0.25) is 0 Å². The van der Waals surface area contributed by atoms with Crippen molar-refractivity contribution in [3.8, 4) is 0 Å². The summed E-state index contributed by atoms with van der Waals surface area (Å²) in [5.74, 6) is -0.134. The van der Waals surface area contributed by atoms with Gasteiger partial charge in [-0.05, 0) is 25.3 Å². The molecule has 136 valence electrons. The van der Waals surface area contributed by atoms with Gasteiger partial charge in [0.25, 0.3) is 5.91 Å². The maximum Gasteiger partial charge on any atom is 0.253 e. The highest BCUT2D eigenvalue weighted by Gasteiger charge is 2.21. The summed E-state index contributed by atoms with van der Waals surface area (Å²) in [5.41, 5.74) is 3.19. The summed E-state index contributed by atoms with van der Waals surface area (Å²) in [4.78, 5) is 21.7. The summed E-state index contributed by atoms with van der Waals surface area (Å²) in [7, 11) is 1.87. The molecule has 1 N–H and O–H groups in total. The Morgan fingerprint density at radius 2 is 2.12 bits per heavy atom. The topological polar surface area (TPSA) is 77.6 Å². The molecule has 1 saturated carbocycles. The number of hydrogen-bond donors (Lipinski definition) is 1. The first kappa shape index (κ1) is 16.8. The monoisotopic (exact) mass is 352 g/mol. The van der Waals surface area contributed by atoms with Crippen LogP contribution in [0, 0.1) is 0 Å². The van der Waals surface area contributed by atoms with Crippen molar-refractivity contribution in [1.82, 2.24) is 29.6 Å². The fourth-order valence-electron chi connectivity index (χ4n) is 3.78. The number of aryl methyl sites for hydroxylation is 1. The van der Waals surface area contributed by atoms with Gasteiger partial charge in [0.15, 0.2) is 5.65 Å². The van der Waals surface area contributed by atoms with Crippen LogP contribution in [-0.4, -0.2) is 30.2 Å². The molecule has 1 unspecified atom stereocenters. The van der Waals surface area contributed by atoms with Gasteiger partial charge < -0.3 is 9.88 Å². The van der Waals surface area contributed by atoms with E-state index in [2.05, 4.69) is 25.0 Å². The highest BCUT2D eigenvalue weighted by atomic mass is 16.1. The summed E-state index contributed by atoms with van der Waals surface area (Å²) in [6.07, 6.45) is 12.9. The largest absolute Gasteiger partial charge is 0.345 e. The van der Waals surface area contributed by atoms with Gasteiger partial charge in [0.1, 0.15) is 5.52 Å². The minimum Gasteiger partial charge on any atom is -0.345 e. The van der Waals surface area contributed by atoms with Crippen LogP contribution in [0.4, 0.5) is 0 Å². The van der Waals surface area contributed by atoms with Crippen LogP contribution in [0.15, 0.2) is 31.0 Å². The first-order chi connectivity index (χ1) is 12.7. The van der Waals surface area contributed by atoms with Crippen molar-refractivity contribution in [1.29, 1.82) is 0 Å². The summed E-state index contributed by atoms with van der Waals surface area (Å²) >= 11 is 0. The SMILES string of the molecule is CCC(NC(=O)c1cnc2c(c1)ncn2C1CCCC1)c1cnn(C)c1. The molecule has 0 aliphatic heterocycles. The van der Waals surface area contributed by atoms with Crippen molar-refractivity contribution in [2.45, 2.75) is 51.1 Å². The Morgan fingerprint density at radius 1 is 1.31 bits per heavy atom. The standard InChI is InChI=1S/C19H24N6O/c1-3-16(14-10-22-24(2)11-14)23-19(26)13-8-17-18(20-9-13)25(12-21-17)15-6-4-5-7-15/h8-12,15-16H,3-7H2,1-2H3,(H,23,26). The lowest BCUT2D eigenvalue weighted by molar-refractivity contribution is 0.0935. The lowest BCUT2D eigenvalue weighted by atomic mass is 10.1. The van der Waals surface area contributed by atoms with Crippen molar-refractivity contribution >= 4 is 17.1 Å². The predicted molar refractivity (Wildman–Crippen MR) is 98.7 cm³/mol. The molecule has 0 aromatic carbocycles.